The molecule has 1 aromatic rings. The van der Waals surface area contributed by atoms with E-state index in [2.05, 4.69) is 19.1 Å². The molecule has 0 aromatic heterocycles. The van der Waals surface area contributed by atoms with E-state index in [1.807, 2.05) is 32.0 Å². The highest BCUT2D eigenvalue weighted by Gasteiger charge is 2.31. The van der Waals surface area contributed by atoms with Crippen LogP contribution in [0.25, 0.3) is 0 Å². The van der Waals surface area contributed by atoms with Gasteiger partial charge < -0.3 is 10.0 Å². The van der Waals surface area contributed by atoms with Crippen LogP contribution in [0.2, 0.25) is 0 Å². The SMILES string of the molecule is Cc1ccccc1C[C@H]1CCN(C(=O)/C(C#N)=C/C(C)C)C[C@H]1O. The maximum absolute atomic E-state index is 12.5. The summed E-state index contributed by atoms with van der Waals surface area (Å²) < 4.78 is 0. The summed E-state index contributed by atoms with van der Waals surface area (Å²) in [4.78, 5) is 14.1. The van der Waals surface area contributed by atoms with Crippen molar-refractivity contribution in [3.8, 4) is 6.07 Å². The van der Waals surface area contributed by atoms with Gasteiger partial charge in [0.25, 0.3) is 5.91 Å². The molecule has 4 heteroatoms. The van der Waals surface area contributed by atoms with E-state index in [4.69, 9.17) is 0 Å². The number of aryl methyl sites for hydroxylation is 1. The smallest absolute Gasteiger partial charge is 0.264 e. The Bertz CT molecular complexity index is 658. The number of nitrogens with zero attached hydrogens (tertiary/aromatic N) is 2. The first-order valence-corrected chi connectivity index (χ1v) is 8.56. The average Bonchev–Trinajstić information content (AvgIpc) is 2.55. The van der Waals surface area contributed by atoms with Crippen LogP contribution in [0.1, 0.15) is 31.4 Å². The summed E-state index contributed by atoms with van der Waals surface area (Å²) in [5.41, 5.74) is 2.66. The number of carbonyl (C=O) groups is 1. The molecule has 1 aliphatic rings. The van der Waals surface area contributed by atoms with Gasteiger partial charge in [-0.15, -0.1) is 0 Å². The lowest BCUT2D eigenvalue weighted by Crippen LogP contribution is -2.47. The number of likely N-dealkylation sites (tertiary alicyclic amines) is 1. The normalized spacial score (nSPS) is 21.7. The number of amides is 1. The number of aliphatic hydroxyl groups excluding tert-OH is 1. The largest absolute Gasteiger partial charge is 0.391 e. The molecule has 0 bridgehead atoms. The molecule has 1 saturated heterocycles. The summed E-state index contributed by atoms with van der Waals surface area (Å²) in [5.74, 6) is 0.0291. The van der Waals surface area contributed by atoms with Gasteiger partial charge in [0.05, 0.1) is 6.10 Å². The second-order valence-electron chi connectivity index (χ2n) is 6.93. The molecule has 0 aliphatic carbocycles. The van der Waals surface area contributed by atoms with Gasteiger partial charge in [-0.2, -0.15) is 5.26 Å². The molecule has 128 valence electrons. The Morgan fingerprint density at radius 1 is 1.46 bits per heavy atom. The van der Waals surface area contributed by atoms with Crippen LogP contribution < -0.4 is 0 Å². The number of hydrogen-bond donors (Lipinski definition) is 1. The number of carbonyl (C=O) groups excluding carboxylic acids is 1. The Balaban J connectivity index is 2.01. The van der Waals surface area contributed by atoms with Gasteiger partial charge in [0.15, 0.2) is 0 Å². The first kappa shape index (κ1) is 18.2. The molecule has 0 spiro atoms. The summed E-state index contributed by atoms with van der Waals surface area (Å²) >= 11 is 0. The Hall–Kier alpha value is -2.12. The molecule has 1 amide bonds. The second-order valence-corrected chi connectivity index (χ2v) is 6.93. The third-order valence-corrected chi connectivity index (χ3v) is 4.60. The Labute approximate surface area is 144 Å². The van der Waals surface area contributed by atoms with E-state index in [0.29, 0.717) is 13.1 Å². The van der Waals surface area contributed by atoms with Crippen molar-refractivity contribution in [3.63, 3.8) is 0 Å². The number of β-amino-alcohol motifs (C(OH)–C–C–N with tert-alkyl or cyclic N) is 1. The lowest BCUT2D eigenvalue weighted by Gasteiger charge is -2.36. The molecule has 2 atom stereocenters. The molecule has 1 fully saturated rings. The highest BCUT2D eigenvalue weighted by molar-refractivity contribution is 5.97. The van der Waals surface area contributed by atoms with E-state index in [0.717, 1.165) is 12.8 Å². The minimum absolute atomic E-state index is 0.145. The summed E-state index contributed by atoms with van der Waals surface area (Å²) in [6.07, 6.45) is 2.71. The molecule has 0 saturated carbocycles. The van der Waals surface area contributed by atoms with Crippen molar-refractivity contribution in [2.45, 2.75) is 39.7 Å². The molecule has 4 nitrogen and oxygen atoms in total. The third kappa shape index (κ3) is 4.46. The summed E-state index contributed by atoms with van der Waals surface area (Å²) in [6, 6.07) is 10.2. The lowest BCUT2D eigenvalue weighted by atomic mass is 9.86. The molecule has 1 heterocycles. The van der Waals surface area contributed by atoms with Crippen LogP contribution in [0.3, 0.4) is 0 Å². The van der Waals surface area contributed by atoms with Gasteiger partial charge in [-0.05, 0) is 42.7 Å². The summed E-state index contributed by atoms with van der Waals surface area (Å²) in [7, 11) is 0. The number of piperidine rings is 1. The fourth-order valence-corrected chi connectivity index (χ4v) is 3.18. The van der Waals surface area contributed by atoms with Crippen molar-refractivity contribution in [1.29, 1.82) is 5.26 Å². The van der Waals surface area contributed by atoms with Crippen molar-refractivity contribution >= 4 is 5.91 Å². The van der Waals surface area contributed by atoms with Gasteiger partial charge in [-0.1, -0.05) is 44.2 Å². The number of hydrogen-bond acceptors (Lipinski definition) is 3. The zero-order chi connectivity index (χ0) is 17.7. The van der Waals surface area contributed by atoms with E-state index in [1.54, 1.807) is 11.0 Å². The standard InChI is InChI=1S/C20H26N2O2/c1-14(2)10-18(12-21)20(24)22-9-8-17(19(23)13-22)11-16-7-5-4-6-15(16)3/h4-7,10,14,17,19,23H,8-9,11,13H2,1-3H3/b18-10+/t17-,19-/m1/s1. The van der Waals surface area contributed by atoms with Gasteiger partial charge in [0.1, 0.15) is 11.6 Å². The van der Waals surface area contributed by atoms with Crippen molar-refractivity contribution in [2.75, 3.05) is 13.1 Å². The van der Waals surface area contributed by atoms with Crippen LogP contribution in [0.15, 0.2) is 35.9 Å². The summed E-state index contributed by atoms with van der Waals surface area (Å²) in [6.45, 7) is 6.84. The number of allylic oxidation sites excluding steroid dienone is 1. The Kier molecular flexibility index (Phi) is 6.16. The minimum atomic E-state index is -0.554. The molecule has 1 aromatic carbocycles. The van der Waals surface area contributed by atoms with E-state index in [1.165, 1.54) is 11.1 Å². The van der Waals surface area contributed by atoms with Crippen LogP contribution >= 0.6 is 0 Å². The number of benzene rings is 1. The maximum Gasteiger partial charge on any atom is 0.264 e. The molecular weight excluding hydrogens is 300 g/mol. The molecule has 1 aliphatic heterocycles. The van der Waals surface area contributed by atoms with E-state index in [9.17, 15) is 15.2 Å². The average molecular weight is 326 g/mol. The van der Waals surface area contributed by atoms with E-state index < -0.39 is 6.10 Å². The van der Waals surface area contributed by atoms with Crippen molar-refractivity contribution in [1.82, 2.24) is 4.90 Å². The highest BCUT2D eigenvalue weighted by atomic mass is 16.3. The third-order valence-electron chi connectivity index (χ3n) is 4.60. The van der Waals surface area contributed by atoms with Crippen molar-refractivity contribution < 1.29 is 9.90 Å². The van der Waals surface area contributed by atoms with Crippen molar-refractivity contribution in [3.05, 3.63) is 47.0 Å². The highest BCUT2D eigenvalue weighted by Crippen LogP contribution is 2.24. The van der Waals surface area contributed by atoms with Crippen LogP contribution in [-0.2, 0) is 11.2 Å². The van der Waals surface area contributed by atoms with Crippen molar-refractivity contribution in [2.24, 2.45) is 11.8 Å². The fourth-order valence-electron chi connectivity index (χ4n) is 3.18. The summed E-state index contributed by atoms with van der Waals surface area (Å²) in [5, 5.41) is 19.7. The van der Waals surface area contributed by atoms with Crippen LogP contribution in [0, 0.1) is 30.1 Å². The van der Waals surface area contributed by atoms with Crippen LogP contribution in [0.5, 0.6) is 0 Å². The number of aliphatic hydroxyl groups is 1. The first-order chi connectivity index (χ1) is 11.4. The predicted octanol–water partition coefficient (Wildman–Crippen LogP) is 2.85. The number of nitriles is 1. The van der Waals surface area contributed by atoms with Gasteiger partial charge in [-0.3, -0.25) is 4.79 Å². The van der Waals surface area contributed by atoms with Gasteiger partial charge >= 0.3 is 0 Å². The van der Waals surface area contributed by atoms with Gasteiger partial charge in [0, 0.05) is 13.1 Å². The zero-order valence-electron chi connectivity index (χ0n) is 14.7. The molecule has 0 unspecified atom stereocenters. The minimum Gasteiger partial charge on any atom is -0.391 e. The van der Waals surface area contributed by atoms with Crippen LogP contribution in [0.4, 0.5) is 0 Å². The quantitative estimate of drug-likeness (QED) is 0.683. The van der Waals surface area contributed by atoms with Gasteiger partial charge in [-0.25, -0.2) is 0 Å². The molecule has 0 radical (unpaired) electrons. The topological polar surface area (TPSA) is 64.3 Å². The molecule has 24 heavy (non-hydrogen) atoms. The van der Waals surface area contributed by atoms with E-state index in [-0.39, 0.29) is 23.3 Å². The lowest BCUT2D eigenvalue weighted by molar-refractivity contribution is -0.131. The molecule has 1 N–H and O–H groups in total. The fraction of sp³-hybridized carbons (Fsp3) is 0.500. The second kappa shape index (κ2) is 8.12. The van der Waals surface area contributed by atoms with Crippen LogP contribution in [-0.4, -0.2) is 35.1 Å². The predicted molar refractivity (Wildman–Crippen MR) is 94.1 cm³/mol. The van der Waals surface area contributed by atoms with Gasteiger partial charge in [0.2, 0.25) is 0 Å². The monoisotopic (exact) mass is 326 g/mol. The Morgan fingerprint density at radius 2 is 2.17 bits per heavy atom. The van der Waals surface area contributed by atoms with E-state index >= 15 is 0 Å². The Morgan fingerprint density at radius 3 is 2.75 bits per heavy atom. The first-order valence-electron chi connectivity index (χ1n) is 8.56. The maximum atomic E-state index is 12.5. The molecule has 2 rings (SSSR count). The number of rotatable bonds is 4. The molecular formula is C20H26N2O2. The zero-order valence-corrected chi connectivity index (χ0v) is 14.7.